The van der Waals surface area contributed by atoms with Gasteiger partial charge in [0.1, 0.15) is 5.75 Å². The highest BCUT2D eigenvalue weighted by atomic mass is 35.5. The lowest BCUT2D eigenvalue weighted by molar-refractivity contribution is 0.408. The minimum absolute atomic E-state index is 0.151. The van der Waals surface area contributed by atoms with Crippen LogP contribution in [0.15, 0.2) is 18.2 Å². The van der Waals surface area contributed by atoms with Crippen LogP contribution in [0.2, 0.25) is 0 Å². The fourth-order valence-electron chi connectivity index (χ4n) is 1.47. The molecule has 1 aromatic carbocycles. The van der Waals surface area contributed by atoms with Crippen LogP contribution >= 0.6 is 11.6 Å². The van der Waals surface area contributed by atoms with Gasteiger partial charge in [-0.2, -0.15) is 5.26 Å². The second kappa shape index (κ2) is 5.63. The molecule has 1 atom stereocenters. The second-order valence-electron chi connectivity index (χ2n) is 3.50. The maximum atomic E-state index is 8.84. The maximum Gasteiger partial charge on any atom is 0.122 e. The first kappa shape index (κ1) is 11.9. The molecule has 0 bridgehead atoms. The fourth-order valence-corrected chi connectivity index (χ4v) is 1.65. The first-order chi connectivity index (χ1) is 7.21. The minimum atomic E-state index is -0.151. The first-order valence-corrected chi connectivity index (χ1v) is 5.33. The van der Waals surface area contributed by atoms with Gasteiger partial charge in [0.15, 0.2) is 0 Å². The molecule has 80 valence electrons. The van der Waals surface area contributed by atoms with Gasteiger partial charge in [-0.05, 0) is 25.0 Å². The van der Waals surface area contributed by atoms with Gasteiger partial charge in [-0.25, -0.2) is 0 Å². The number of aryl methyl sites for hydroxylation is 1. The third-order valence-corrected chi connectivity index (χ3v) is 2.64. The largest absolute Gasteiger partial charge is 0.496 e. The molecule has 2 nitrogen and oxygen atoms in total. The summed E-state index contributed by atoms with van der Waals surface area (Å²) < 4.78 is 5.24. The van der Waals surface area contributed by atoms with E-state index in [9.17, 15) is 0 Å². The Balaban J connectivity index is 2.92. The molecule has 0 aromatic heterocycles. The SMILES string of the molecule is COc1ccc(C)cc1CC(C#N)CCl. The molecule has 0 radical (unpaired) electrons. The van der Waals surface area contributed by atoms with Crippen LogP contribution in [0.3, 0.4) is 0 Å². The Morgan fingerprint density at radius 1 is 1.53 bits per heavy atom. The van der Waals surface area contributed by atoms with Crippen LogP contribution in [0.1, 0.15) is 11.1 Å². The number of rotatable bonds is 4. The summed E-state index contributed by atoms with van der Waals surface area (Å²) in [5.74, 6) is 1.03. The summed E-state index contributed by atoms with van der Waals surface area (Å²) >= 11 is 5.69. The molecule has 0 aliphatic carbocycles. The molecule has 15 heavy (non-hydrogen) atoms. The summed E-state index contributed by atoms with van der Waals surface area (Å²) in [4.78, 5) is 0. The summed E-state index contributed by atoms with van der Waals surface area (Å²) in [7, 11) is 1.64. The summed E-state index contributed by atoms with van der Waals surface area (Å²) in [5.41, 5.74) is 2.21. The lowest BCUT2D eigenvalue weighted by Gasteiger charge is -2.11. The monoisotopic (exact) mass is 223 g/mol. The number of nitrogens with zero attached hydrogens (tertiary/aromatic N) is 1. The number of halogens is 1. The van der Waals surface area contributed by atoms with Crippen LogP contribution in [0, 0.1) is 24.2 Å². The highest BCUT2D eigenvalue weighted by molar-refractivity contribution is 6.18. The molecule has 0 aliphatic rings. The Hall–Kier alpha value is -1.20. The Labute approximate surface area is 95.4 Å². The van der Waals surface area contributed by atoms with Crippen LogP contribution < -0.4 is 4.74 Å². The van der Waals surface area contributed by atoms with Gasteiger partial charge >= 0.3 is 0 Å². The van der Waals surface area contributed by atoms with Gasteiger partial charge in [-0.3, -0.25) is 0 Å². The molecule has 0 saturated heterocycles. The van der Waals surface area contributed by atoms with Crippen molar-refractivity contribution in [3.63, 3.8) is 0 Å². The van der Waals surface area contributed by atoms with Crippen LogP contribution in [0.5, 0.6) is 5.75 Å². The molecular weight excluding hydrogens is 210 g/mol. The van der Waals surface area contributed by atoms with Gasteiger partial charge in [0.05, 0.1) is 19.1 Å². The molecule has 0 heterocycles. The molecule has 0 amide bonds. The lowest BCUT2D eigenvalue weighted by Crippen LogP contribution is -2.05. The number of methoxy groups -OCH3 is 1. The number of hydrogen-bond donors (Lipinski definition) is 0. The Bertz CT molecular complexity index is 370. The van der Waals surface area contributed by atoms with Gasteiger partial charge in [-0.15, -0.1) is 11.6 Å². The van der Waals surface area contributed by atoms with E-state index in [4.69, 9.17) is 21.6 Å². The molecule has 0 spiro atoms. The Morgan fingerprint density at radius 3 is 2.80 bits per heavy atom. The molecule has 3 heteroatoms. The van der Waals surface area contributed by atoms with E-state index in [1.807, 2.05) is 25.1 Å². The van der Waals surface area contributed by atoms with Crippen molar-refractivity contribution in [3.05, 3.63) is 29.3 Å². The number of alkyl halides is 1. The third kappa shape index (κ3) is 3.14. The van der Waals surface area contributed by atoms with Crippen molar-refractivity contribution in [3.8, 4) is 11.8 Å². The van der Waals surface area contributed by atoms with Crippen LogP contribution in [0.25, 0.3) is 0 Å². The van der Waals surface area contributed by atoms with Crippen molar-refractivity contribution in [2.24, 2.45) is 5.92 Å². The van der Waals surface area contributed by atoms with E-state index in [2.05, 4.69) is 6.07 Å². The average Bonchev–Trinajstić information content (AvgIpc) is 2.26. The number of ether oxygens (including phenoxy) is 1. The quantitative estimate of drug-likeness (QED) is 0.736. The zero-order valence-electron chi connectivity index (χ0n) is 8.96. The van der Waals surface area contributed by atoms with Gasteiger partial charge in [0.2, 0.25) is 0 Å². The van der Waals surface area contributed by atoms with Gasteiger partial charge < -0.3 is 4.74 Å². The molecule has 0 aliphatic heterocycles. The van der Waals surface area contributed by atoms with Crippen molar-refractivity contribution in [1.29, 1.82) is 5.26 Å². The zero-order valence-corrected chi connectivity index (χ0v) is 9.71. The minimum Gasteiger partial charge on any atom is -0.496 e. The third-order valence-electron chi connectivity index (χ3n) is 2.27. The number of nitriles is 1. The average molecular weight is 224 g/mol. The predicted molar refractivity (Wildman–Crippen MR) is 61.3 cm³/mol. The zero-order chi connectivity index (χ0) is 11.3. The van der Waals surface area contributed by atoms with E-state index in [0.29, 0.717) is 12.3 Å². The van der Waals surface area contributed by atoms with E-state index < -0.39 is 0 Å². The molecular formula is C12H14ClNO. The molecule has 0 saturated carbocycles. The topological polar surface area (TPSA) is 33.0 Å². The predicted octanol–water partition coefficient (Wildman–Crippen LogP) is 2.92. The first-order valence-electron chi connectivity index (χ1n) is 4.80. The lowest BCUT2D eigenvalue weighted by atomic mass is 10.00. The summed E-state index contributed by atoms with van der Waals surface area (Å²) in [6.45, 7) is 2.02. The van der Waals surface area contributed by atoms with E-state index in [0.717, 1.165) is 16.9 Å². The van der Waals surface area contributed by atoms with Crippen LogP contribution in [-0.4, -0.2) is 13.0 Å². The molecule has 0 fully saturated rings. The maximum absolute atomic E-state index is 8.84. The van der Waals surface area contributed by atoms with Crippen molar-refractivity contribution >= 4 is 11.6 Å². The summed E-state index contributed by atoms with van der Waals surface area (Å²) in [6, 6.07) is 8.14. The fraction of sp³-hybridized carbons (Fsp3) is 0.417. The highest BCUT2D eigenvalue weighted by Crippen LogP contribution is 2.23. The van der Waals surface area contributed by atoms with Crippen LogP contribution in [0.4, 0.5) is 0 Å². The molecule has 1 aromatic rings. The Kier molecular flexibility index (Phi) is 4.45. The van der Waals surface area contributed by atoms with Gasteiger partial charge in [0.25, 0.3) is 0 Å². The number of benzene rings is 1. The van der Waals surface area contributed by atoms with E-state index in [1.54, 1.807) is 7.11 Å². The molecule has 1 unspecified atom stereocenters. The van der Waals surface area contributed by atoms with Gasteiger partial charge in [0, 0.05) is 5.88 Å². The van der Waals surface area contributed by atoms with Crippen LogP contribution in [-0.2, 0) is 6.42 Å². The normalized spacial score (nSPS) is 11.9. The standard InChI is InChI=1S/C12H14ClNO/c1-9-3-4-12(15-2)11(5-9)6-10(7-13)8-14/h3-5,10H,6-7H2,1-2H3. The highest BCUT2D eigenvalue weighted by Gasteiger charge is 2.11. The summed E-state index contributed by atoms with van der Waals surface area (Å²) in [6.07, 6.45) is 0.644. The van der Waals surface area contributed by atoms with Crippen molar-refractivity contribution in [2.75, 3.05) is 13.0 Å². The number of hydrogen-bond acceptors (Lipinski definition) is 2. The Morgan fingerprint density at radius 2 is 2.27 bits per heavy atom. The summed E-state index contributed by atoms with van der Waals surface area (Å²) in [5, 5.41) is 8.84. The second-order valence-corrected chi connectivity index (χ2v) is 3.81. The van der Waals surface area contributed by atoms with Crippen molar-refractivity contribution in [1.82, 2.24) is 0 Å². The van der Waals surface area contributed by atoms with Crippen molar-refractivity contribution in [2.45, 2.75) is 13.3 Å². The van der Waals surface area contributed by atoms with E-state index >= 15 is 0 Å². The van der Waals surface area contributed by atoms with Gasteiger partial charge in [-0.1, -0.05) is 17.7 Å². The smallest absolute Gasteiger partial charge is 0.122 e. The van der Waals surface area contributed by atoms with E-state index in [-0.39, 0.29) is 5.92 Å². The van der Waals surface area contributed by atoms with Crippen molar-refractivity contribution < 1.29 is 4.74 Å². The molecule has 1 rings (SSSR count). The van der Waals surface area contributed by atoms with E-state index in [1.165, 1.54) is 0 Å². The molecule has 0 N–H and O–H groups in total.